The van der Waals surface area contributed by atoms with E-state index in [1.807, 2.05) is 0 Å². The quantitative estimate of drug-likeness (QED) is 0.722. The van der Waals surface area contributed by atoms with Crippen LogP contribution in [0.25, 0.3) is 0 Å². The molecule has 2 aliphatic heterocycles. The Morgan fingerprint density at radius 3 is 2.20 bits per heavy atom. The summed E-state index contributed by atoms with van der Waals surface area (Å²) in [5.74, 6) is 0.701. The van der Waals surface area contributed by atoms with Gasteiger partial charge in [0.2, 0.25) is 0 Å². The summed E-state index contributed by atoms with van der Waals surface area (Å²) < 4.78 is 22.3. The Balaban J connectivity index is 0.000000980. The van der Waals surface area contributed by atoms with Crippen LogP contribution in [0.15, 0.2) is 0 Å². The van der Waals surface area contributed by atoms with Gasteiger partial charge >= 0.3 is 0 Å². The van der Waals surface area contributed by atoms with Crippen molar-refractivity contribution in [3.05, 3.63) is 0 Å². The second-order valence-corrected chi connectivity index (χ2v) is 6.14. The van der Waals surface area contributed by atoms with Crippen LogP contribution in [0, 0.1) is 0 Å². The van der Waals surface area contributed by atoms with Crippen LogP contribution >= 0.6 is 34.0 Å². The first-order valence-corrected chi connectivity index (χ1v) is 6.65. The second kappa shape index (κ2) is 6.54. The molecule has 1 atom stereocenters. The molecular formula is C8H18Br2N2O2S. The van der Waals surface area contributed by atoms with Crippen molar-refractivity contribution in [2.24, 2.45) is 0 Å². The zero-order valence-electron chi connectivity index (χ0n) is 8.52. The van der Waals surface area contributed by atoms with Crippen molar-refractivity contribution in [3.8, 4) is 0 Å². The van der Waals surface area contributed by atoms with Gasteiger partial charge in [0.25, 0.3) is 0 Å². The SMILES string of the molecule is Br.Br.O=S1(=O)CCN([C@@H]2CCNC2)CC1. The molecule has 0 spiro atoms. The molecule has 0 saturated carbocycles. The molecule has 0 aromatic heterocycles. The lowest BCUT2D eigenvalue weighted by atomic mass is 10.2. The van der Waals surface area contributed by atoms with E-state index in [2.05, 4.69) is 10.2 Å². The van der Waals surface area contributed by atoms with Gasteiger partial charge in [0.15, 0.2) is 9.84 Å². The van der Waals surface area contributed by atoms with Gasteiger partial charge in [0.1, 0.15) is 0 Å². The van der Waals surface area contributed by atoms with Crippen LogP contribution in [0.4, 0.5) is 0 Å². The molecule has 0 bridgehead atoms. The minimum Gasteiger partial charge on any atom is -0.315 e. The number of hydrogen-bond acceptors (Lipinski definition) is 4. The molecule has 92 valence electrons. The van der Waals surface area contributed by atoms with Gasteiger partial charge in [0.05, 0.1) is 11.5 Å². The van der Waals surface area contributed by atoms with Crippen LogP contribution in [-0.4, -0.2) is 57.0 Å². The molecule has 2 rings (SSSR count). The summed E-state index contributed by atoms with van der Waals surface area (Å²) >= 11 is 0. The van der Waals surface area contributed by atoms with Crippen LogP contribution in [-0.2, 0) is 9.84 Å². The minimum atomic E-state index is -2.71. The van der Waals surface area contributed by atoms with Crippen LogP contribution in [0.1, 0.15) is 6.42 Å². The standard InChI is InChI=1S/C8H16N2O2S.2BrH/c11-13(12)5-3-10(4-6-13)8-1-2-9-7-8;;/h8-9H,1-7H2;2*1H/t8-;;/m1../s1. The van der Waals surface area contributed by atoms with Gasteiger partial charge in [-0.05, 0) is 13.0 Å². The maximum Gasteiger partial charge on any atom is 0.152 e. The monoisotopic (exact) mass is 364 g/mol. The molecular weight excluding hydrogens is 348 g/mol. The maximum atomic E-state index is 11.2. The van der Waals surface area contributed by atoms with Gasteiger partial charge < -0.3 is 5.32 Å². The Hall–Kier alpha value is 0.830. The third kappa shape index (κ3) is 4.30. The van der Waals surface area contributed by atoms with Crippen molar-refractivity contribution < 1.29 is 8.42 Å². The Labute approximate surface area is 112 Å². The second-order valence-electron chi connectivity index (χ2n) is 3.83. The normalized spacial score (nSPS) is 30.3. The van der Waals surface area contributed by atoms with Gasteiger partial charge in [-0.3, -0.25) is 4.90 Å². The van der Waals surface area contributed by atoms with E-state index < -0.39 is 9.84 Å². The molecule has 1 N–H and O–H groups in total. The van der Waals surface area contributed by atoms with E-state index in [9.17, 15) is 8.42 Å². The molecule has 0 aromatic rings. The third-order valence-corrected chi connectivity index (χ3v) is 4.54. The first-order valence-electron chi connectivity index (χ1n) is 4.82. The van der Waals surface area contributed by atoms with Gasteiger partial charge in [-0.15, -0.1) is 34.0 Å². The van der Waals surface area contributed by atoms with E-state index in [1.54, 1.807) is 0 Å². The number of halogens is 2. The zero-order valence-corrected chi connectivity index (χ0v) is 12.8. The molecule has 2 fully saturated rings. The maximum absolute atomic E-state index is 11.2. The molecule has 4 nitrogen and oxygen atoms in total. The molecule has 2 aliphatic rings. The summed E-state index contributed by atoms with van der Waals surface area (Å²) in [6, 6.07) is 0.579. The van der Waals surface area contributed by atoms with Crippen LogP contribution in [0.3, 0.4) is 0 Å². The van der Waals surface area contributed by atoms with Gasteiger partial charge in [-0.25, -0.2) is 8.42 Å². The molecule has 0 amide bonds. The summed E-state index contributed by atoms with van der Waals surface area (Å²) in [5.41, 5.74) is 0. The van der Waals surface area contributed by atoms with Crippen LogP contribution in [0.2, 0.25) is 0 Å². The topological polar surface area (TPSA) is 49.4 Å². The summed E-state index contributed by atoms with van der Waals surface area (Å²) in [5, 5.41) is 3.30. The molecule has 0 radical (unpaired) electrons. The number of sulfone groups is 1. The highest BCUT2D eigenvalue weighted by molar-refractivity contribution is 8.93. The molecule has 2 saturated heterocycles. The largest absolute Gasteiger partial charge is 0.315 e. The van der Waals surface area contributed by atoms with E-state index in [1.165, 1.54) is 6.42 Å². The lowest BCUT2D eigenvalue weighted by molar-refractivity contribution is 0.225. The van der Waals surface area contributed by atoms with E-state index in [-0.39, 0.29) is 34.0 Å². The Morgan fingerprint density at radius 2 is 1.73 bits per heavy atom. The molecule has 0 aromatic carbocycles. The fourth-order valence-corrected chi connectivity index (χ4v) is 3.27. The average Bonchev–Trinajstić information content (AvgIpc) is 2.56. The molecule has 0 unspecified atom stereocenters. The summed E-state index contributed by atoms with van der Waals surface area (Å²) in [4.78, 5) is 2.31. The minimum absolute atomic E-state index is 0. The highest BCUT2D eigenvalue weighted by Crippen LogP contribution is 2.12. The first kappa shape index (κ1) is 15.8. The van der Waals surface area contributed by atoms with Gasteiger partial charge in [0, 0.05) is 25.7 Å². The lowest BCUT2D eigenvalue weighted by Gasteiger charge is -2.31. The Kier molecular flexibility index (Phi) is 6.90. The number of hydrogen-bond donors (Lipinski definition) is 1. The van der Waals surface area contributed by atoms with Crippen molar-refractivity contribution in [3.63, 3.8) is 0 Å². The fourth-order valence-electron chi connectivity index (χ4n) is 2.04. The van der Waals surface area contributed by atoms with Crippen molar-refractivity contribution in [1.82, 2.24) is 10.2 Å². The Morgan fingerprint density at radius 1 is 1.13 bits per heavy atom. The van der Waals surface area contributed by atoms with Crippen LogP contribution < -0.4 is 5.32 Å². The first-order chi connectivity index (χ1) is 6.17. The van der Waals surface area contributed by atoms with Crippen molar-refractivity contribution in [2.75, 3.05) is 37.7 Å². The zero-order chi connectivity index (χ0) is 9.31. The van der Waals surface area contributed by atoms with Gasteiger partial charge in [-0.2, -0.15) is 0 Å². The van der Waals surface area contributed by atoms with E-state index >= 15 is 0 Å². The fraction of sp³-hybridized carbons (Fsp3) is 1.00. The highest BCUT2D eigenvalue weighted by Gasteiger charge is 2.28. The molecule has 2 heterocycles. The lowest BCUT2D eigenvalue weighted by Crippen LogP contribution is -2.46. The molecule has 0 aliphatic carbocycles. The summed E-state index contributed by atoms with van der Waals surface area (Å²) in [7, 11) is -2.71. The van der Waals surface area contributed by atoms with Crippen molar-refractivity contribution >= 4 is 43.8 Å². The van der Waals surface area contributed by atoms with Crippen molar-refractivity contribution in [2.45, 2.75) is 12.5 Å². The van der Waals surface area contributed by atoms with E-state index in [4.69, 9.17) is 0 Å². The van der Waals surface area contributed by atoms with Crippen LogP contribution in [0.5, 0.6) is 0 Å². The molecule has 7 heteroatoms. The van der Waals surface area contributed by atoms with Crippen molar-refractivity contribution in [1.29, 1.82) is 0 Å². The summed E-state index contributed by atoms with van der Waals surface area (Å²) in [6.07, 6.45) is 1.17. The molecule has 15 heavy (non-hydrogen) atoms. The summed E-state index contributed by atoms with van der Waals surface area (Å²) in [6.45, 7) is 3.57. The smallest absolute Gasteiger partial charge is 0.152 e. The Bertz CT molecular complexity index is 264. The third-order valence-electron chi connectivity index (χ3n) is 2.93. The predicted molar refractivity (Wildman–Crippen MR) is 72.1 cm³/mol. The average molecular weight is 366 g/mol. The van der Waals surface area contributed by atoms with E-state index in [0.29, 0.717) is 17.5 Å². The number of nitrogens with zero attached hydrogens (tertiary/aromatic N) is 1. The van der Waals surface area contributed by atoms with E-state index in [0.717, 1.165) is 26.2 Å². The number of rotatable bonds is 1. The van der Waals surface area contributed by atoms with Gasteiger partial charge in [-0.1, -0.05) is 0 Å². The predicted octanol–water partition coefficient (Wildman–Crippen LogP) is 0.234. The number of nitrogens with one attached hydrogen (secondary N) is 1. The highest BCUT2D eigenvalue weighted by atomic mass is 79.9.